The standard InChI is InChI=1S/C24H27N3O5S.2Na.4H2O/c1-24(2,3)20-15-19(27-13-12-21(28)25-23(27)29)14-17(22(20)32-4)9-6-16-7-10-18(11-8-16)26-33(5,30)31;;;;;;/h6-15,26H,1-5H3,(H,25,28,29);;;4*1H2/b9-6+;;;;;;. The predicted molar refractivity (Wildman–Crippen MR) is 158 cm³/mol. The Morgan fingerprint density at radius 3 is 1.95 bits per heavy atom. The van der Waals surface area contributed by atoms with E-state index >= 15 is 0 Å². The van der Waals surface area contributed by atoms with Crippen molar-refractivity contribution >= 4 is 87.0 Å². The number of aromatic amines is 1. The fraction of sp³-hybridized carbons (Fsp3) is 0.250. The van der Waals surface area contributed by atoms with Crippen LogP contribution in [-0.4, -0.2) is 112 Å². The molecule has 0 fully saturated rings. The molecule has 3 rings (SSSR count). The van der Waals surface area contributed by atoms with E-state index in [9.17, 15) is 18.0 Å². The fourth-order valence-electron chi connectivity index (χ4n) is 3.37. The number of ether oxygens (including phenoxy) is 1. The molecule has 0 amide bonds. The van der Waals surface area contributed by atoms with E-state index in [2.05, 4.69) is 9.71 Å². The first-order valence-corrected chi connectivity index (χ1v) is 12.1. The van der Waals surface area contributed by atoms with E-state index in [-0.39, 0.29) is 86.4 Å². The summed E-state index contributed by atoms with van der Waals surface area (Å²) >= 11 is 0. The Hall–Kier alpha value is -1.75. The van der Waals surface area contributed by atoms with Crippen molar-refractivity contribution in [1.29, 1.82) is 0 Å². The minimum absolute atomic E-state index is 0. The minimum Gasteiger partial charge on any atom is -0.496 e. The van der Waals surface area contributed by atoms with E-state index in [4.69, 9.17) is 4.74 Å². The molecule has 10 N–H and O–H groups in total. The van der Waals surface area contributed by atoms with Gasteiger partial charge < -0.3 is 26.6 Å². The number of hydrogen-bond acceptors (Lipinski definition) is 5. The van der Waals surface area contributed by atoms with E-state index in [1.54, 1.807) is 31.4 Å². The van der Waals surface area contributed by atoms with Crippen molar-refractivity contribution in [1.82, 2.24) is 9.55 Å². The molecular formula is C24H35N3Na2O9S. The molecule has 0 saturated carbocycles. The molecule has 2 aromatic carbocycles. The van der Waals surface area contributed by atoms with Gasteiger partial charge in [0.2, 0.25) is 10.0 Å². The second kappa shape index (κ2) is 17.8. The van der Waals surface area contributed by atoms with Crippen molar-refractivity contribution in [3.05, 3.63) is 86.2 Å². The van der Waals surface area contributed by atoms with E-state index in [1.165, 1.54) is 16.8 Å². The molecule has 0 aliphatic carbocycles. The Kier molecular flexibility index (Phi) is 20.3. The molecule has 0 saturated heterocycles. The van der Waals surface area contributed by atoms with Gasteiger partial charge in [0.1, 0.15) is 5.75 Å². The Morgan fingerprint density at radius 2 is 1.49 bits per heavy atom. The van der Waals surface area contributed by atoms with Crippen LogP contribution in [0.2, 0.25) is 0 Å². The zero-order valence-electron chi connectivity index (χ0n) is 23.2. The Bertz CT molecular complexity index is 1430. The van der Waals surface area contributed by atoms with Gasteiger partial charge in [0, 0.05) is 88.2 Å². The largest absolute Gasteiger partial charge is 0.496 e. The third-order valence-electron chi connectivity index (χ3n) is 4.89. The normalized spacial score (nSPS) is 10.3. The molecule has 3 aromatic rings. The number of sulfonamides is 1. The summed E-state index contributed by atoms with van der Waals surface area (Å²) in [5.74, 6) is 0.676. The van der Waals surface area contributed by atoms with Gasteiger partial charge in [0.25, 0.3) is 5.56 Å². The molecule has 208 valence electrons. The number of methoxy groups -OCH3 is 1. The maximum atomic E-state index is 12.4. The first-order valence-electron chi connectivity index (χ1n) is 10.2. The zero-order valence-corrected chi connectivity index (χ0v) is 28.0. The number of anilines is 1. The average Bonchev–Trinajstić information content (AvgIpc) is 2.71. The molecule has 0 spiro atoms. The smallest absolute Gasteiger partial charge is 0.332 e. The van der Waals surface area contributed by atoms with Crippen molar-refractivity contribution in [3.8, 4) is 11.4 Å². The molecule has 0 aliphatic heterocycles. The molecule has 1 heterocycles. The van der Waals surface area contributed by atoms with Gasteiger partial charge in [-0.05, 0) is 35.2 Å². The van der Waals surface area contributed by atoms with E-state index < -0.39 is 21.3 Å². The Balaban J connectivity index is -0.00000102. The van der Waals surface area contributed by atoms with Crippen LogP contribution in [0.3, 0.4) is 0 Å². The molecule has 0 unspecified atom stereocenters. The summed E-state index contributed by atoms with van der Waals surface area (Å²) in [5.41, 5.74) is 2.28. The van der Waals surface area contributed by atoms with Crippen molar-refractivity contribution in [3.63, 3.8) is 0 Å². The maximum Gasteiger partial charge on any atom is 0.332 e. The maximum absolute atomic E-state index is 12.4. The number of aromatic nitrogens is 2. The van der Waals surface area contributed by atoms with Crippen LogP contribution < -0.4 is 20.7 Å². The first kappa shape index (κ1) is 44.3. The molecule has 12 nitrogen and oxygen atoms in total. The van der Waals surface area contributed by atoms with Gasteiger partial charge in [-0.2, -0.15) is 0 Å². The topological polar surface area (TPSA) is 236 Å². The molecule has 15 heteroatoms. The third kappa shape index (κ3) is 12.1. The van der Waals surface area contributed by atoms with Gasteiger partial charge in [-0.1, -0.05) is 45.1 Å². The van der Waals surface area contributed by atoms with Crippen LogP contribution in [0.25, 0.3) is 17.8 Å². The summed E-state index contributed by atoms with van der Waals surface area (Å²) in [7, 11) is -1.75. The number of benzene rings is 2. The number of nitrogens with zero attached hydrogens (tertiary/aromatic N) is 1. The van der Waals surface area contributed by atoms with Crippen molar-refractivity contribution < 1.29 is 35.1 Å². The monoisotopic (exact) mass is 587 g/mol. The second-order valence-corrected chi connectivity index (χ2v) is 10.4. The Labute approximate surface area is 271 Å². The molecule has 0 aliphatic rings. The quantitative estimate of drug-likeness (QED) is 0.281. The first-order chi connectivity index (χ1) is 15.4. The second-order valence-electron chi connectivity index (χ2n) is 8.68. The van der Waals surface area contributed by atoms with E-state index in [0.717, 1.165) is 22.9 Å². The summed E-state index contributed by atoms with van der Waals surface area (Å²) < 4.78 is 32.3. The number of rotatable bonds is 6. The van der Waals surface area contributed by atoms with Crippen LogP contribution in [0.4, 0.5) is 5.69 Å². The SMILES string of the molecule is COc1c(/C=C/c2ccc(NS(C)(=O)=O)cc2)cc(-n2ccc(=O)[nH]c2=O)cc1C(C)(C)C.O.O.O.O.[Na].[Na]. The van der Waals surface area contributed by atoms with Crippen LogP contribution in [0, 0.1) is 0 Å². The molecule has 0 atom stereocenters. The Morgan fingerprint density at radius 1 is 0.923 bits per heavy atom. The van der Waals surface area contributed by atoms with Gasteiger partial charge in [-0.15, -0.1) is 0 Å². The van der Waals surface area contributed by atoms with E-state index in [1.807, 2.05) is 45.1 Å². The van der Waals surface area contributed by atoms with Crippen LogP contribution in [0.1, 0.15) is 37.5 Å². The number of H-pyrrole nitrogens is 1. The third-order valence-corrected chi connectivity index (χ3v) is 5.49. The van der Waals surface area contributed by atoms with Crippen molar-refractivity contribution in [2.45, 2.75) is 26.2 Å². The van der Waals surface area contributed by atoms with Gasteiger partial charge in [0.05, 0.1) is 19.1 Å². The van der Waals surface area contributed by atoms with Gasteiger partial charge >= 0.3 is 5.69 Å². The van der Waals surface area contributed by atoms with Crippen molar-refractivity contribution in [2.75, 3.05) is 18.1 Å². The van der Waals surface area contributed by atoms with Gasteiger partial charge in [-0.25, -0.2) is 13.2 Å². The summed E-state index contributed by atoms with van der Waals surface area (Å²) in [6.45, 7) is 6.14. The van der Waals surface area contributed by atoms with Crippen LogP contribution in [0.5, 0.6) is 5.75 Å². The summed E-state index contributed by atoms with van der Waals surface area (Å²) in [4.78, 5) is 26.2. The molecule has 39 heavy (non-hydrogen) atoms. The predicted octanol–water partition coefficient (Wildman–Crippen LogP) is -0.687. The van der Waals surface area contributed by atoms with Crippen molar-refractivity contribution in [2.24, 2.45) is 0 Å². The van der Waals surface area contributed by atoms with Crippen LogP contribution >= 0.6 is 0 Å². The summed E-state index contributed by atoms with van der Waals surface area (Å²) in [5, 5.41) is 0. The minimum atomic E-state index is -3.34. The van der Waals surface area contributed by atoms with Crippen LogP contribution in [0.15, 0.2) is 58.3 Å². The van der Waals surface area contributed by atoms with E-state index in [0.29, 0.717) is 17.1 Å². The zero-order chi connectivity index (χ0) is 24.4. The summed E-state index contributed by atoms with van der Waals surface area (Å²) in [6.07, 6.45) is 6.28. The molecule has 2 radical (unpaired) electrons. The molecular weight excluding hydrogens is 552 g/mol. The number of nitrogens with one attached hydrogen (secondary N) is 2. The number of hydrogen-bond donors (Lipinski definition) is 2. The average molecular weight is 588 g/mol. The van der Waals surface area contributed by atoms with Crippen LogP contribution in [-0.2, 0) is 15.4 Å². The molecule has 0 bridgehead atoms. The fourth-order valence-corrected chi connectivity index (χ4v) is 3.93. The molecule has 1 aromatic heterocycles. The van der Waals surface area contributed by atoms with Gasteiger partial charge in [0.15, 0.2) is 0 Å². The summed E-state index contributed by atoms with van der Waals surface area (Å²) in [6, 6.07) is 11.9. The van der Waals surface area contributed by atoms with Gasteiger partial charge in [-0.3, -0.25) is 19.1 Å².